The van der Waals surface area contributed by atoms with Gasteiger partial charge in [-0.25, -0.2) is 4.98 Å². The van der Waals surface area contributed by atoms with Crippen LogP contribution in [0.1, 0.15) is 30.8 Å². The summed E-state index contributed by atoms with van der Waals surface area (Å²) >= 11 is 0. The van der Waals surface area contributed by atoms with E-state index < -0.39 is 0 Å². The number of aromatic nitrogens is 2. The molecule has 0 saturated heterocycles. The zero-order chi connectivity index (χ0) is 14.1. The Morgan fingerprint density at radius 2 is 2.21 bits per heavy atom. The topological polar surface area (TPSA) is 76.1 Å². The summed E-state index contributed by atoms with van der Waals surface area (Å²) in [5.41, 5.74) is 0.315. The highest BCUT2D eigenvalue weighted by molar-refractivity contribution is 5.92. The molecule has 1 amide bonds. The molecule has 1 aromatic heterocycles. The highest BCUT2D eigenvalue weighted by atomic mass is 16.5. The first-order chi connectivity index (χ1) is 9.13. The van der Waals surface area contributed by atoms with Crippen LogP contribution in [0.25, 0.3) is 0 Å². The molecule has 0 spiro atoms. The van der Waals surface area contributed by atoms with Crippen molar-refractivity contribution in [3.05, 3.63) is 18.1 Å². The van der Waals surface area contributed by atoms with Crippen molar-refractivity contribution in [1.82, 2.24) is 15.3 Å². The maximum absolute atomic E-state index is 11.8. The van der Waals surface area contributed by atoms with Crippen molar-refractivity contribution in [3.63, 3.8) is 0 Å². The number of carbonyl (C=O) groups excluding carboxylic acids is 1. The SMILES string of the molecule is CNc1cncc(C(=O)NCCCOCC(C)C)n1. The average molecular weight is 266 g/mol. The van der Waals surface area contributed by atoms with Gasteiger partial charge in [0.2, 0.25) is 0 Å². The highest BCUT2D eigenvalue weighted by Gasteiger charge is 2.07. The predicted octanol–water partition coefficient (Wildman–Crippen LogP) is 1.31. The van der Waals surface area contributed by atoms with E-state index in [0.717, 1.165) is 13.0 Å². The van der Waals surface area contributed by atoms with Gasteiger partial charge in [0.15, 0.2) is 0 Å². The lowest BCUT2D eigenvalue weighted by Gasteiger charge is -2.08. The second-order valence-corrected chi connectivity index (χ2v) is 4.62. The third kappa shape index (κ3) is 6.15. The molecule has 6 nitrogen and oxygen atoms in total. The van der Waals surface area contributed by atoms with E-state index >= 15 is 0 Å². The number of anilines is 1. The van der Waals surface area contributed by atoms with Gasteiger partial charge in [-0.3, -0.25) is 9.78 Å². The van der Waals surface area contributed by atoms with Crippen molar-refractivity contribution >= 4 is 11.7 Å². The van der Waals surface area contributed by atoms with E-state index in [-0.39, 0.29) is 5.91 Å². The minimum atomic E-state index is -0.214. The maximum atomic E-state index is 11.8. The van der Waals surface area contributed by atoms with E-state index in [4.69, 9.17) is 4.74 Å². The molecule has 0 bridgehead atoms. The third-order valence-corrected chi connectivity index (χ3v) is 2.33. The molecule has 0 atom stereocenters. The molecular weight excluding hydrogens is 244 g/mol. The second kappa shape index (κ2) is 8.42. The Kier molecular flexibility index (Phi) is 6.81. The highest BCUT2D eigenvalue weighted by Crippen LogP contribution is 2.00. The number of carbonyl (C=O) groups is 1. The maximum Gasteiger partial charge on any atom is 0.271 e. The van der Waals surface area contributed by atoms with E-state index in [2.05, 4.69) is 34.4 Å². The average Bonchev–Trinajstić information content (AvgIpc) is 2.42. The van der Waals surface area contributed by atoms with Gasteiger partial charge in [0, 0.05) is 26.8 Å². The summed E-state index contributed by atoms with van der Waals surface area (Å²) in [5, 5.41) is 5.63. The summed E-state index contributed by atoms with van der Waals surface area (Å²) in [4.78, 5) is 19.8. The van der Waals surface area contributed by atoms with Gasteiger partial charge < -0.3 is 15.4 Å². The first-order valence-electron chi connectivity index (χ1n) is 6.49. The number of hydrogen-bond donors (Lipinski definition) is 2. The first-order valence-corrected chi connectivity index (χ1v) is 6.49. The predicted molar refractivity (Wildman–Crippen MR) is 74.2 cm³/mol. The van der Waals surface area contributed by atoms with Crippen molar-refractivity contribution in [2.45, 2.75) is 20.3 Å². The fraction of sp³-hybridized carbons (Fsp3) is 0.615. The Hall–Kier alpha value is -1.69. The smallest absolute Gasteiger partial charge is 0.271 e. The van der Waals surface area contributed by atoms with E-state index in [0.29, 0.717) is 30.6 Å². The van der Waals surface area contributed by atoms with Crippen LogP contribution in [0.3, 0.4) is 0 Å². The summed E-state index contributed by atoms with van der Waals surface area (Å²) in [6, 6.07) is 0. The molecule has 106 valence electrons. The molecule has 0 aliphatic carbocycles. The first kappa shape index (κ1) is 15.4. The number of rotatable bonds is 8. The summed E-state index contributed by atoms with van der Waals surface area (Å²) in [6.07, 6.45) is 3.81. The van der Waals surface area contributed by atoms with Gasteiger partial charge in [-0.15, -0.1) is 0 Å². The Balaban J connectivity index is 2.23. The van der Waals surface area contributed by atoms with Crippen LogP contribution in [-0.4, -0.2) is 42.7 Å². The normalized spacial score (nSPS) is 10.5. The lowest BCUT2D eigenvalue weighted by molar-refractivity contribution is 0.0920. The van der Waals surface area contributed by atoms with E-state index in [1.54, 1.807) is 13.2 Å². The summed E-state index contributed by atoms with van der Waals surface area (Å²) in [5.74, 6) is 0.899. The number of nitrogens with one attached hydrogen (secondary N) is 2. The van der Waals surface area contributed by atoms with Gasteiger partial charge in [-0.1, -0.05) is 13.8 Å². The summed E-state index contributed by atoms with van der Waals surface area (Å²) in [6.45, 7) is 6.19. The van der Waals surface area contributed by atoms with Crippen LogP contribution in [0, 0.1) is 5.92 Å². The minimum absolute atomic E-state index is 0.214. The van der Waals surface area contributed by atoms with Crippen molar-refractivity contribution in [2.24, 2.45) is 5.92 Å². The molecule has 2 N–H and O–H groups in total. The van der Waals surface area contributed by atoms with Gasteiger partial charge >= 0.3 is 0 Å². The van der Waals surface area contributed by atoms with Crippen LogP contribution >= 0.6 is 0 Å². The number of hydrogen-bond acceptors (Lipinski definition) is 5. The fourth-order valence-corrected chi connectivity index (χ4v) is 1.38. The van der Waals surface area contributed by atoms with Crippen molar-refractivity contribution < 1.29 is 9.53 Å². The van der Waals surface area contributed by atoms with Crippen LogP contribution in [0.5, 0.6) is 0 Å². The van der Waals surface area contributed by atoms with Gasteiger partial charge in [0.1, 0.15) is 11.5 Å². The van der Waals surface area contributed by atoms with Crippen LogP contribution in [0.15, 0.2) is 12.4 Å². The number of amides is 1. The molecule has 0 aliphatic rings. The van der Waals surface area contributed by atoms with Gasteiger partial charge in [0.25, 0.3) is 5.91 Å². The summed E-state index contributed by atoms with van der Waals surface area (Å²) in [7, 11) is 1.73. The molecule has 19 heavy (non-hydrogen) atoms. The molecule has 0 saturated carbocycles. The number of ether oxygens (including phenoxy) is 1. The minimum Gasteiger partial charge on any atom is -0.381 e. The van der Waals surface area contributed by atoms with Gasteiger partial charge in [-0.2, -0.15) is 0 Å². The van der Waals surface area contributed by atoms with Crippen molar-refractivity contribution in [2.75, 3.05) is 32.1 Å². The lowest BCUT2D eigenvalue weighted by Crippen LogP contribution is -2.26. The molecule has 0 radical (unpaired) electrons. The molecular formula is C13H22N4O2. The second-order valence-electron chi connectivity index (χ2n) is 4.62. The molecule has 0 aromatic carbocycles. The Morgan fingerprint density at radius 3 is 2.89 bits per heavy atom. The van der Waals surface area contributed by atoms with E-state index in [1.165, 1.54) is 6.20 Å². The quantitative estimate of drug-likeness (QED) is 0.694. The largest absolute Gasteiger partial charge is 0.381 e. The van der Waals surface area contributed by atoms with E-state index in [1.807, 2.05) is 0 Å². The molecule has 1 aromatic rings. The molecule has 0 fully saturated rings. The lowest BCUT2D eigenvalue weighted by atomic mass is 10.2. The Labute approximate surface area is 114 Å². The Bertz CT molecular complexity index is 396. The van der Waals surface area contributed by atoms with Crippen molar-refractivity contribution in [1.29, 1.82) is 0 Å². The molecule has 1 heterocycles. The molecule has 1 rings (SSSR count). The Morgan fingerprint density at radius 1 is 1.42 bits per heavy atom. The van der Waals surface area contributed by atoms with Gasteiger partial charge in [-0.05, 0) is 12.3 Å². The fourth-order valence-electron chi connectivity index (χ4n) is 1.38. The zero-order valence-electron chi connectivity index (χ0n) is 11.8. The van der Waals surface area contributed by atoms with Gasteiger partial charge in [0.05, 0.1) is 12.4 Å². The number of nitrogens with zero attached hydrogens (tertiary/aromatic N) is 2. The molecule has 0 aliphatic heterocycles. The van der Waals surface area contributed by atoms with Crippen LogP contribution in [0.2, 0.25) is 0 Å². The molecule has 0 unspecified atom stereocenters. The van der Waals surface area contributed by atoms with Crippen LogP contribution in [-0.2, 0) is 4.74 Å². The standard InChI is InChI=1S/C13H22N4O2/c1-10(2)9-19-6-4-5-16-13(18)11-7-15-8-12(14-3)17-11/h7-8,10H,4-6,9H2,1-3H3,(H,14,17)(H,16,18). The summed E-state index contributed by atoms with van der Waals surface area (Å²) < 4.78 is 5.43. The zero-order valence-corrected chi connectivity index (χ0v) is 11.8. The van der Waals surface area contributed by atoms with Crippen LogP contribution in [0.4, 0.5) is 5.82 Å². The molecule has 6 heteroatoms. The van der Waals surface area contributed by atoms with Crippen LogP contribution < -0.4 is 10.6 Å². The van der Waals surface area contributed by atoms with E-state index in [9.17, 15) is 4.79 Å². The van der Waals surface area contributed by atoms with Crippen molar-refractivity contribution in [3.8, 4) is 0 Å². The monoisotopic (exact) mass is 266 g/mol. The third-order valence-electron chi connectivity index (χ3n) is 2.33.